The molecular weight excluding hydrogens is 421 g/mol. The quantitative estimate of drug-likeness (QED) is 0.450. The van der Waals surface area contributed by atoms with Gasteiger partial charge in [0.15, 0.2) is 0 Å². The van der Waals surface area contributed by atoms with E-state index in [1.807, 2.05) is 12.1 Å². The van der Waals surface area contributed by atoms with Gasteiger partial charge < -0.3 is 9.30 Å². The van der Waals surface area contributed by atoms with Gasteiger partial charge in [-0.2, -0.15) is 10.4 Å². The fourth-order valence-corrected chi connectivity index (χ4v) is 3.62. The van der Waals surface area contributed by atoms with Gasteiger partial charge in [0.25, 0.3) is 5.56 Å². The number of nitrogens with zero attached hydrogens (tertiary/aromatic N) is 5. The lowest BCUT2D eigenvalue weighted by molar-refractivity contribution is 0.288. The maximum absolute atomic E-state index is 14.1. The molecular formula is C25H20FN5O2. The molecule has 164 valence electrons. The number of aryl methyl sites for hydroxylation is 1. The van der Waals surface area contributed by atoms with E-state index in [0.717, 1.165) is 11.1 Å². The number of hydrogen-bond acceptors (Lipinski definition) is 5. The van der Waals surface area contributed by atoms with E-state index in [9.17, 15) is 14.4 Å². The molecule has 33 heavy (non-hydrogen) atoms. The average molecular weight is 441 g/mol. The summed E-state index contributed by atoms with van der Waals surface area (Å²) in [6, 6.07) is 11.5. The van der Waals surface area contributed by atoms with E-state index in [1.54, 1.807) is 50.0 Å². The Balaban J connectivity index is 1.53. The molecule has 0 atom stereocenters. The molecule has 1 fully saturated rings. The van der Waals surface area contributed by atoms with Crippen LogP contribution in [-0.4, -0.2) is 25.9 Å². The third-order valence-electron chi connectivity index (χ3n) is 5.68. The third-order valence-corrected chi connectivity index (χ3v) is 5.68. The predicted octanol–water partition coefficient (Wildman–Crippen LogP) is 4.10. The maximum atomic E-state index is 14.1. The van der Waals surface area contributed by atoms with E-state index in [4.69, 9.17) is 4.74 Å². The zero-order chi connectivity index (χ0) is 22.9. The highest BCUT2D eigenvalue weighted by Crippen LogP contribution is 2.32. The number of rotatable bonds is 6. The molecule has 8 heteroatoms. The molecule has 0 spiro atoms. The first kappa shape index (κ1) is 20.6. The Labute approximate surface area is 189 Å². The van der Waals surface area contributed by atoms with Crippen molar-refractivity contribution in [3.63, 3.8) is 0 Å². The number of ether oxygens (including phenoxy) is 1. The molecule has 4 aromatic rings. The average Bonchev–Trinajstić information content (AvgIpc) is 3.53. The highest BCUT2D eigenvalue weighted by Gasteiger charge is 2.22. The Kier molecular flexibility index (Phi) is 5.23. The minimum Gasteiger partial charge on any atom is -0.477 e. The molecule has 3 heterocycles. The summed E-state index contributed by atoms with van der Waals surface area (Å²) in [5, 5.41) is 13.7. The summed E-state index contributed by atoms with van der Waals surface area (Å²) < 4.78 is 22.7. The van der Waals surface area contributed by atoms with Crippen LogP contribution in [0.2, 0.25) is 0 Å². The minimum atomic E-state index is -0.607. The first-order valence-electron chi connectivity index (χ1n) is 10.6. The Morgan fingerprint density at radius 1 is 1.15 bits per heavy atom. The van der Waals surface area contributed by atoms with Crippen molar-refractivity contribution in [1.29, 1.82) is 5.26 Å². The van der Waals surface area contributed by atoms with E-state index in [1.165, 1.54) is 34.2 Å². The Morgan fingerprint density at radius 2 is 2.00 bits per heavy atom. The first-order valence-corrected chi connectivity index (χ1v) is 10.6. The second kappa shape index (κ2) is 8.36. The highest BCUT2D eigenvalue weighted by molar-refractivity contribution is 5.82. The third kappa shape index (κ3) is 4.13. The summed E-state index contributed by atoms with van der Waals surface area (Å²) in [7, 11) is 1.67. The van der Waals surface area contributed by atoms with Gasteiger partial charge in [0.1, 0.15) is 17.4 Å². The molecule has 0 saturated heterocycles. The summed E-state index contributed by atoms with van der Waals surface area (Å²) in [5.74, 6) is 0.579. The van der Waals surface area contributed by atoms with Crippen molar-refractivity contribution in [2.45, 2.75) is 12.8 Å². The van der Waals surface area contributed by atoms with Gasteiger partial charge in [-0.25, -0.2) is 14.1 Å². The Hall–Kier alpha value is -4.25. The number of nitriles is 1. The topological polar surface area (TPSA) is 85.7 Å². The molecule has 5 rings (SSSR count). The molecule has 1 aliphatic rings. The van der Waals surface area contributed by atoms with Crippen molar-refractivity contribution in [3.8, 4) is 39.9 Å². The Bertz CT molecular complexity index is 1430. The summed E-state index contributed by atoms with van der Waals surface area (Å²) in [5.41, 5.74) is 3.02. The molecule has 0 unspecified atom stereocenters. The van der Waals surface area contributed by atoms with Crippen LogP contribution >= 0.6 is 0 Å². The van der Waals surface area contributed by atoms with E-state index in [2.05, 4.69) is 10.1 Å². The van der Waals surface area contributed by atoms with E-state index in [0.29, 0.717) is 35.2 Å². The van der Waals surface area contributed by atoms with E-state index >= 15 is 0 Å². The first-order chi connectivity index (χ1) is 16.0. The van der Waals surface area contributed by atoms with Gasteiger partial charge in [0.2, 0.25) is 5.88 Å². The lowest BCUT2D eigenvalue weighted by atomic mass is 9.99. The highest BCUT2D eigenvalue weighted by atomic mass is 19.1. The monoisotopic (exact) mass is 441 g/mol. The normalized spacial score (nSPS) is 13.0. The number of halogens is 1. The predicted molar refractivity (Wildman–Crippen MR) is 120 cm³/mol. The summed E-state index contributed by atoms with van der Waals surface area (Å²) in [6.07, 6.45) is 9.15. The van der Waals surface area contributed by atoms with Crippen LogP contribution in [0, 0.1) is 23.1 Å². The molecule has 1 aliphatic carbocycles. The van der Waals surface area contributed by atoms with Crippen LogP contribution in [0.25, 0.3) is 27.9 Å². The molecule has 0 amide bonds. The van der Waals surface area contributed by atoms with Gasteiger partial charge in [-0.3, -0.25) is 4.79 Å². The molecule has 1 saturated carbocycles. The van der Waals surface area contributed by atoms with Gasteiger partial charge in [0, 0.05) is 54.5 Å². The van der Waals surface area contributed by atoms with Gasteiger partial charge in [-0.05, 0) is 42.5 Å². The van der Waals surface area contributed by atoms with E-state index < -0.39 is 5.82 Å². The van der Waals surface area contributed by atoms with Crippen LogP contribution in [0.3, 0.4) is 0 Å². The number of pyridine rings is 2. The molecule has 0 radical (unpaired) electrons. The van der Waals surface area contributed by atoms with Crippen molar-refractivity contribution in [2.75, 3.05) is 6.61 Å². The van der Waals surface area contributed by atoms with Crippen LogP contribution in [0.4, 0.5) is 4.39 Å². The van der Waals surface area contributed by atoms with Gasteiger partial charge >= 0.3 is 0 Å². The van der Waals surface area contributed by atoms with Crippen molar-refractivity contribution < 1.29 is 9.13 Å². The number of hydrogen-bond donors (Lipinski definition) is 0. The van der Waals surface area contributed by atoms with Crippen molar-refractivity contribution in [2.24, 2.45) is 13.0 Å². The number of aromatic nitrogens is 4. The standard InChI is InChI=1S/C25H20FN5O2/c1-30-14-21(18-12-29-31(13-18)23-4-2-3-22(26)20(23)10-27)19(9-25(30)32)17-7-8-24(28-11-17)33-15-16-5-6-16/h2-4,7-9,11-14,16H,5-6,15H2,1H3. The largest absolute Gasteiger partial charge is 0.477 e. The molecule has 7 nitrogen and oxygen atoms in total. The zero-order valence-corrected chi connectivity index (χ0v) is 17.9. The molecule has 0 aliphatic heterocycles. The van der Waals surface area contributed by atoms with Crippen LogP contribution in [0.15, 0.2) is 66.0 Å². The van der Waals surface area contributed by atoms with Gasteiger partial charge in [0.05, 0.1) is 18.5 Å². The van der Waals surface area contributed by atoms with Crippen LogP contribution in [0.5, 0.6) is 5.88 Å². The molecule has 3 aromatic heterocycles. The second-order valence-corrected chi connectivity index (χ2v) is 8.11. The van der Waals surface area contributed by atoms with Gasteiger partial charge in [-0.15, -0.1) is 0 Å². The van der Waals surface area contributed by atoms with Crippen molar-refractivity contribution >= 4 is 0 Å². The summed E-state index contributed by atoms with van der Waals surface area (Å²) in [6.45, 7) is 0.674. The van der Waals surface area contributed by atoms with Crippen LogP contribution < -0.4 is 10.3 Å². The fourth-order valence-electron chi connectivity index (χ4n) is 3.62. The summed E-state index contributed by atoms with van der Waals surface area (Å²) >= 11 is 0. The minimum absolute atomic E-state index is 0.0844. The lowest BCUT2D eigenvalue weighted by Gasteiger charge is -2.11. The SMILES string of the molecule is Cn1cc(-c2cnn(-c3cccc(F)c3C#N)c2)c(-c2ccc(OCC3CC3)nc2)cc1=O. The fraction of sp³-hybridized carbons (Fsp3) is 0.200. The molecule has 1 aromatic carbocycles. The number of benzene rings is 1. The lowest BCUT2D eigenvalue weighted by Crippen LogP contribution is -2.15. The maximum Gasteiger partial charge on any atom is 0.250 e. The molecule has 0 N–H and O–H groups in total. The van der Waals surface area contributed by atoms with E-state index in [-0.39, 0.29) is 11.1 Å². The Morgan fingerprint density at radius 3 is 2.73 bits per heavy atom. The van der Waals surface area contributed by atoms with Crippen molar-refractivity contribution in [3.05, 3.63) is 82.9 Å². The smallest absolute Gasteiger partial charge is 0.250 e. The zero-order valence-electron chi connectivity index (χ0n) is 17.9. The summed E-state index contributed by atoms with van der Waals surface area (Å²) in [4.78, 5) is 16.8. The van der Waals surface area contributed by atoms with Crippen LogP contribution in [-0.2, 0) is 7.05 Å². The van der Waals surface area contributed by atoms with Crippen molar-refractivity contribution in [1.82, 2.24) is 19.3 Å². The molecule has 0 bridgehead atoms. The van der Waals surface area contributed by atoms with Crippen LogP contribution in [0.1, 0.15) is 18.4 Å². The van der Waals surface area contributed by atoms with Gasteiger partial charge in [-0.1, -0.05) is 6.07 Å². The second-order valence-electron chi connectivity index (χ2n) is 8.11.